The van der Waals surface area contributed by atoms with Crippen LogP contribution in [0.3, 0.4) is 0 Å². The zero-order valence-electron chi connectivity index (χ0n) is 25.0. The zero-order valence-corrected chi connectivity index (χ0v) is 25.0. The summed E-state index contributed by atoms with van der Waals surface area (Å²) in [4.78, 5) is 18.9. The molecule has 3 aromatic rings. The van der Waals surface area contributed by atoms with Gasteiger partial charge in [0.05, 0.1) is 44.9 Å². The van der Waals surface area contributed by atoms with E-state index in [1.54, 1.807) is 6.07 Å². The van der Waals surface area contributed by atoms with Crippen molar-refractivity contribution < 1.29 is 28.8 Å². The average molecular weight is 587 g/mol. The fourth-order valence-electron chi connectivity index (χ4n) is 6.17. The molecule has 0 spiro atoms. The van der Waals surface area contributed by atoms with Crippen LogP contribution >= 0.6 is 0 Å². The lowest BCUT2D eigenvalue weighted by atomic mass is 9.91. The van der Waals surface area contributed by atoms with Gasteiger partial charge < -0.3 is 24.1 Å². The van der Waals surface area contributed by atoms with Gasteiger partial charge in [-0.3, -0.25) is 4.90 Å². The number of nitrogens with zero attached hydrogens (tertiary/aromatic N) is 4. The van der Waals surface area contributed by atoms with Crippen LogP contribution in [0, 0.1) is 6.92 Å². The number of hydrogen-bond acceptors (Lipinski definition) is 8. The molecular formula is C33H38N4O6. The Morgan fingerprint density at radius 3 is 2.84 bits per heavy atom. The van der Waals surface area contributed by atoms with Gasteiger partial charge in [-0.25, -0.2) is 9.78 Å². The van der Waals surface area contributed by atoms with E-state index in [2.05, 4.69) is 42.1 Å². The summed E-state index contributed by atoms with van der Waals surface area (Å²) in [7, 11) is 1.42. The summed E-state index contributed by atoms with van der Waals surface area (Å²) < 4.78 is 24.8. The Morgan fingerprint density at radius 1 is 1.16 bits per heavy atom. The van der Waals surface area contributed by atoms with Gasteiger partial charge in [0.2, 0.25) is 5.88 Å². The molecule has 1 atom stereocenters. The summed E-state index contributed by atoms with van der Waals surface area (Å²) in [6, 6.07) is 10.0. The van der Waals surface area contributed by atoms with Crippen molar-refractivity contribution in [3.05, 3.63) is 87.4 Å². The largest absolute Gasteiger partial charge is 0.488 e. The highest BCUT2D eigenvalue weighted by molar-refractivity contribution is 5.90. The van der Waals surface area contributed by atoms with Gasteiger partial charge in [0, 0.05) is 25.2 Å². The molecule has 3 aliphatic rings. The Kier molecular flexibility index (Phi) is 8.60. The van der Waals surface area contributed by atoms with Crippen molar-refractivity contribution >= 4 is 11.5 Å². The van der Waals surface area contributed by atoms with E-state index in [1.165, 1.54) is 45.8 Å². The molecule has 1 aliphatic carbocycles. The number of methoxy groups -OCH3 is 1. The van der Waals surface area contributed by atoms with E-state index in [0.29, 0.717) is 32.2 Å². The minimum absolute atomic E-state index is 0.0210. The lowest BCUT2D eigenvalue weighted by Crippen LogP contribution is -2.42. The van der Waals surface area contributed by atoms with Crippen LogP contribution < -0.4 is 4.74 Å². The highest BCUT2D eigenvalue weighted by Gasteiger charge is 2.25. The van der Waals surface area contributed by atoms with Crippen LogP contribution in [0.25, 0.3) is 11.4 Å². The van der Waals surface area contributed by atoms with Gasteiger partial charge in [0.15, 0.2) is 5.82 Å². The second-order valence-electron chi connectivity index (χ2n) is 11.3. The second-order valence-corrected chi connectivity index (χ2v) is 11.3. The Labute approximate surface area is 251 Å². The number of hydrogen-bond donors (Lipinski definition) is 1. The van der Waals surface area contributed by atoms with Crippen LogP contribution in [0.5, 0.6) is 5.88 Å². The molecule has 2 aromatic heterocycles. The third kappa shape index (κ3) is 6.08. The van der Waals surface area contributed by atoms with Crippen molar-refractivity contribution in [2.24, 2.45) is 0 Å². The Bertz CT molecular complexity index is 1570. The van der Waals surface area contributed by atoms with Crippen LogP contribution in [0.4, 0.5) is 0 Å². The lowest BCUT2D eigenvalue weighted by molar-refractivity contribution is -0.0985. The molecule has 1 N–H and O–H groups in total. The van der Waals surface area contributed by atoms with E-state index >= 15 is 0 Å². The van der Waals surface area contributed by atoms with Crippen molar-refractivity contribution in [3.63, 3.8) is 0 Å². The SMILES string of the molecule is COc1c(C(=O)O)cnn1-c1cccc(C2=CCCC(C)=C2OCc2ccc3c(c2C)CCN(C[C@H]2COCCO2)C3)n1. The first-order valence-electron chi connectivity index (χ1n) is 14.8. The Morgan fingerprint density at radius 2 is 2.05 bits per heavy atom. The van der Waals surface area contributed by atoms with Crippen LogP contribution in [-0.2, 0) is 33.8 Å². The number of pyridine rings is 1. The quantitative estimate of drug-likeness (QED) is 0.381. The first-order chi connectivity index (χ1) is 20.9. The molecule has 1 aromatic carbocycles. The molecule has 0 unspecified atom stereocenters. The van der Waals surface area contributed by atoms with Crippen LogP contribution in [0.1, 0.15) is 58.1 Å². The summed E-state index contributed by atoms with van der Waals surface area (Å²) in [5.41, 5.74) is 8.10. The van der Waals surface area contributed by atoms with E-state index < -0.39 is 5.97 Å². The molecule has 43 heavy (non-hydrogen) atoms. The standard InChI is InChI=1S/C33H38N4O6/c1-21-6-4-7-27(29-8-5-9-30(35-29)37-32(40-3)28(16-34-37)33(38)39)31(21)43-19-24-11-10-23-17-36(13-12-26(23)22(24)2)18-25-20-41-14-15-42-25/h5,7-11,16,25H,4,6,12-15,17-20H2,1-3H3,(H,38,39)/t25-/m0/s1. The lowest BCUT2D eigenvalue weighted by Gasteiger charge is -2.34. The van der Waals surface area contributed by atoms with Gasteiger partial charge in [0.1, 0.15) is 17.9 Å². The molecule has 2 aliphatic heterocycles. The molecule has 10 heteroatoms. The minimum atomic E-state index is -1.11. The smallest absolute Gasteiger partial charge is 0.342 e. The monoisotopic (exact) mass is 586 g/mol. The van der Waals surface area contributed by atoms with Crippen molar-refractivity contribution in [1.82, 2.24) is 19.7 Å². The Hall–Kier alpha value is -3.99. The molecular weight excluding hydrogens is 548 g/mol. The molecule has 0 bridgehead atoms. The van der Waals surface area contributed by atoms with Gasteiger partial charge in [-0.2, -0.15) is 9.78 Å². The van der Waals surface area contributed by atoms with E-state index in [1.807, 2.05) is 12.1 Å². The predicted octanol–water partition coefficient (Wildman–Crippen LogP) is 4.72. The number of rotatable bonds is 9. The maximum absolute atomic E-state index is 11.6. The highest BCUT2D eigenvalue weighted by Crippen LogP contribution is 2.35. The van der Waals surface area contributed by atoms with E-state index in [4.69, 9.17) is 23.9 Å². The van der Waals surface area contributed by atoms with E-state index in [9.17, 15) is 9.90 Å². The number of aromatic nitrogens is 3. The molecule has 4 heterocycles. The third-order valence-electron chi connectivity index (χ3n) is 8.47. The first kappa shape index (κ1) is 29.1. The maximum Gasteiger partial charge on any atom is 0.342 e. The third-order valence-corrected chi connectivity index (χ3v) is 8.47. The number of carboxylic acid groups (broad SMARTS) is 1. The molecule has 0 amide bonds. The second kappa shape index (κ2) is 12.7. The number of benzene rings is 1. The number of carboxylic acids is 1. The number of ether oxygens (including phenoxy) is 4. The first-order valence-corrected chi connectivity index (χ1v) is 14.8. The highest BCUT2D eigenvalue weighted by atomic mass is 16.6. The number of carbonyl (C=O) groups is 1. The average Bonchev–Trinajstić information content (AvgIpc) is 3.47. The molecule has 6 rings (SSSR count). The molecule has 1 fully saturated rings. The van der Waals surface area contributed by atoms with Gasteiger partial charge >= 0.3 is 5.97 Å². The van der Waals surface area contributed by atoms with Crippen molar-refractivity contribution in [1.29, 1.82) is 0 Å². The fraction of sp³-hybridized carbons (Fsp3) is 0.424. The number of fused-ring (bicyclic) bond motifs is 1. The molecule has 10 nitrogen and oxygen atoms in total. The van der Waals surface area contributed by atoms with Gasteiger partial charge in [-0.05, 0) is 73.1 Å². The normalized spacial score (nSPS) is 19.1. The van der Waals surface area contributed by atoms with Crippen LogP contribution in [0.2, 0.25) is 0 Å². The van der Waals surface area contributed by atoms with Crippen LogP contribution in [-0.4, -0.2) is 76.9 Å². The van der Waals surface area contributed by atoms with E-state index in [0.717, 1.165) is 55.9 Å². The molecule has 0 radical (unpaired) electrons. The molecule has 226 valence electrons. The molecule has 0 saturated carbocycles. The summed E-state index contributed by atoms with van der Waals surface area (Å²) in [6.45, 7) is 9.65. The van der Waals surface area contributed by atoms with Crippen LogP contribution in [0.15, 0.2) is 53.9 Å². The van der Waals surface area contributed by atoms with E-state index in [-0.39, 0.29) is 17.5 Å². The summed E-state index contributed by atoms with van der Waals surface area (Å²) in [5.74, 6) is 0.322. The number of allylic oxidation sites excluding steroid dienone is 3. The summed E-state index contributed by atoms with van der Waals surface area (Å²) >= 11 is 0. The minimum Gasteiger partial charge on any atom is -0.488 e. The van der Waals surface area contributed by atoms with Gasteiger partial charge in [-0.1, -0.05) is 24.3 Å². The summed E-state index contributed by atoms with van der Waals surface area (Å²) in [5, 5.41) is 13.7. The Balaban J connectivity index is 1.18. The molecule has 1 saturated heterocycles. The van der Waals surface area contributed by atoms with Crippen molar-refractivity contribution in [3.8, 4) is 11.7 Å². The summed E-state index contributed by atoms with van der Waals surface area (Å²) in [6.07, 6.45) is 6.40. The fourth-order valence-corrected chi connectivity index (χ4v) is 6.17. The topological polar surface area (TPSA) is 108 Å². The maximum atomic E-state index is 11.6. The zero-order chi connectivity index (χ0) is 29.9. The van der Waals surface area contributed by atoms with Crippen molar-refractivity contribution in [2.75, 3.05) is 40.0 Å². The van der Waals surface area contributed by atoms with Gasteiger partial charge in [0.25, 0.3) is 0 Å². The number of aromatic carboxylic acids is 1. The van der Waals surface area contributed by atoms with Crippen molar-refractivity contribution in [2.45, 2.75) is 52.4 Å². The predicted molar refractivity (Wildman–Crippen MR) is 160 cm³/mol. The van der Waals surface area contributed by atoms with Gasteiger partial charge in [-0.15, -0.1) is 0 Å².